The van der Waals surface area contributed by atoms with Crippen molar-refractivity contribution in [3.8, 4) is 5.75 Å². The van der Waals surface area contributed by atoms with Crippen LogP contribution in [0.4, 0.5) is 5.69 Å². The average Bonchev–Trinajstić information content (AvgIpc) is 2.62. The van der Waals surface area contributed by atoms with Crippen LogP contribution in [0.3, 0.4) is 0 Å². The maximum absolute atomic E-state index is 12.4. The van der Waals surface area contributed by atoms with Gasteiger partial charge in [-0.3, -0.25) is 4.79 Å². The Morgan fingerprint density at radius 3 is 2.42 bits per heavy atom. The summed E-state index contributed by atoms with van der Waals surface area (Å²) in [4.78, 5) is 13.5. The van der Waals surface area contributed by atoms with Crippen LogP contribution < -0.4 is 10.1 Å². The number of methoxy groups -OCH3 is 1. The lowest BCUT2D eigenvalue weighted by atomic mass is 10.1. The van der Waals surface area contributed by atoms with Crippen LogP contribution in [0.15, 0.2) is 71.6 Å². The Balaban J connectivity index is 1.65. The smallest absolute Gasteiger partial charge is 0.237 e. The number of carbonyl (C=O) groups excluding carboxylic acids is 1. The highest BCUT2D eigenvalue weighted by Crippen LogP contribution is 2.27. The van der Waals surface area contributed by atoms with Crippen LogP contribution in [0, 0.1) is 0 Å². The van der Waals surface area contributed by atoms with E-state index in [4.69, 9.17) is 4.74 Å². The number of hydrogen-bond acceptors (Lipinski definition) is 3. The van der Waals surface area contributed by atoms with Crippen LogP contribution in [0.2, 0.25) is 0 Å². The zero-order chi connectivity index (χ0) is 16.9. The van der Waals surface area contributed by atoms with Gasteiger partial charge in [0.05, 0.1) is 12.4 Å². The SMILES string of the molecule is COc1ccc(NC(=O)[C@@H](C)Sc2ccc3ccccc3c2)cc1. The van der Waals surface area contributed by atoms with Crippen LogP contribution in [-0.2, 0) is 4.79 Å². The van der Waals surface area contributed by atoms with Crippen LogP contribution in [0.5, 0.6) is 5.75 Å². The highest BCUT2D eigenvalue weighted by Gasteiger charge is 2.14. The van der Waals surface area contributed by atoms with Gasteiger partial charge in [0.15, 0.2) is 0 Å². The Morgan fingerprint density at radius 2 is 1.71 bits per heavy atom. The fourth-order valence-corrected chi connectivity index (χ4v) is 3.33. The Hall–Kier alpha value is -2.46. The van der Waals surface area contributed by atoms with Crippen molar-refractivity contribution in [1.29, 1.82) is 0 Å². The van der Waals surface area contributed by atoms with E-state index < -0.39 is 0 Å². The topological polar surface area (TPSA) is 38.3 Å². The van der Waals surface area contributed by atoms with Crippen molar-refractivity contribution in [2.24, 2.45) is 0 Å². The van der Waals surface area contributed by atoms with Gasteiger partial charge in [0.2, 0.25) is 5.91 Å². The highest BCUT2D eigenvalue weighted by atomic mass is 32.2. The zero-order valence-electron chi connectivity index (χ0n) is 13.7. The quantitative estimate of drug-likeness (QED) is 0.668. The molecule has 1 amide bonds. The summed E-state index contributed by atoms with van der Waals surface area (Å²) in [6, 6.07) is 21.8. The van der Waals surface area contributed by atoms with Crippen molar-refractivity contribution in [1.82, 2.24) is 0 Å². The van der Waals surface area contributed by atoms with E-state index in [1.807, 2.05) is 43.3 Å². The monoisotopic (exact) mass is 337 g/mol. The first-order valence-electron chi connectivity index (χ1n) is 7.76. The summed E-state index contributed by atoms with van der Waals surface area (Å²) in [7, 11) is 1.62. The Morgan fingerprint density at radius 1 is 1.00 bits per heavy atom. The van der Waals surface area contributed by atoms with E-state index in [1.54, 1.807) is 18.9 Å². The van der Waals surface area contributed by atoms with E-state index in [0.29, 0.717) is 0 Å². The molecule has 0 radical (unpaired) electrons. The summed E-state index contributed by atoms with van der Waals surface area (Å²) in [6.45, 7) is 1.92. The molecule has 3 aromatic rings. The molecule has 3 rings (SSSR count). The second-order valence-corrected chi connectivity index (χ2v) is 6.90. The van der Waals surface area contributed by atoms with E-state index >= 15 is 0 Å². The molecular formula is C20H19NO2S. The summed E-state index contributed by atoms with van der Waals surface area (Å²) in [6.07, 6.45) is 0. The minimum atomic E-state index is -0.187. The lowest BCUT2D eigenvalue weighted by Crippen LogP contribution is -2.22. The molecule has 0 spiro atoms. The molecule has 0 saturated carbocycles. The molecule has 0 aliphatic rings. The van der Waals surface area contributed by atoms with Gasteiger partial charge < -0.3 is 10.1 Å². The Bertz CT molecular complexity index is 846. The number of thioether (sulfide) groups is 1. The summed E-state index contributed by atoms with van der Waals surface area (Å²) in [5.41, 5.74) is 0.770. The third-order valence-electron chi connectivity index (χ3n) is 3.76. The molecule has 0 aliphatic carbocycles. The molecule has 0 saturated heterocycles. The van der Waals surface area contributed by atoms with Crippen LogP contribution >= 0.6 is 11.8 Å². The fourth-order valence-electron chi connectivity index (χ4n) is 2.42. The van der Waals surface area contributed by atoms with Crippen molar-refractivity contribution in [3.05, 3.63) is 66.7 Å². The molecule has 0 aromatic heterocycles. The summed E-state index contributed by atoms with van der Waals surface area (Å²) in [5.74, 6) is 0.755. The molecule has 1 N–H and O–H groups in total. The maximum atomic E-state index is 12.4. The predicted octanol–water partition coefficient (Wildman–Crippen LogP) is 4.97. The standard InChI is InChI=1S/C20H19NO2S/c1-14(20(22)21-17-8-10-18(23-2)11-9-17)24-19-12-7-15-5-3-4-6-16(15)13-19/h3-14H,1-2H3,(H,21,22)/t14-/m1/s1. The van der Waals surface area contributed by atoms with E-state index in [9.17, 15) is 4.79 Å². The molecule has 0 bridgehead atoms. The predicted molar refractivity (Wildman–Crippen MR) is 101 cm³/mol. The van der Waals surface area contributed by atoms with Gasteiger partial charge in [-0.2, -0.15) is 0 Å². The van der Waals surface area contributed by atoms with E-state index in [2.05, 4.69) is 35.6 Å². The first-order valence-corrected chi connectivity index (χ1v) is 8.64. The molecule has 122 valence electrons. The van der Waals surface area contributed by atoms with Crippen molar-refractivity contribution in [2.45, 2.75) is 17.1 Å². The fraction of sp³-hybridized carbons (Fsp3) is 0.150. The number of ether oxygens (including phenoxy) is 1. The lowest BCUT2D eigenvalue weighted by molar-refractivity contribution is -0.115. The van der Waals surface area contributed by atoms with Gasteiger partial charge in [-0.15, -0.1) is 11.8 Å². The molecule has 1 atom stereocenters. The Kier molecular flexibility index (Phi) is 5.06. The first-order chi connectivity index (χ1) is 11.7. The second-order valence-electron chi connectivity index (χ2n) is 5.49. The van der Waals surface area contributed by atoms with Gasteiger partial charge in [0, 0.05) is 10.6 Å². The van der Waals surface area contributed by atoms with Crippen molar-refractivity contribution in [2.75, 3.05) is 12.4 Å². The van der Waals surface area contributed by atoms with Gasteiger partial charge in [-0.1, -0.05) is 30.3 Å². The molecule has 24 heavy (non-hydrogen) atoms. The van der Waals surface area contributed by atoms with E-state index in [0.717, 1.165) is 16.3 Å². The molecule has 3 nitrogen and oxygen atoms in total. The minimum Gasteiger partial charge on any atom is -0.497 e. The molecule has 3 aromatic carbocycles. The summed E-state index contributed by atoms with van der Waals surface area (Å²) < 4.78 is 5.12. The van der Waals surface area contributed by atoms with Crippen molar-refractivity contribution >= 4 is 34.1 Å². The number of carbonyl (C=O) groups is 1. The number of rotatable bonds is 5. The number of fused-ring (bicyclic) bond motifs is 1. The van der Waals surface area contributed by atoms with Crippen molar-refractivity contribution in [3.63, 3.8) is 0 Å². The number of nitrogens with one attached hydrogen (secondary N) is 1. The van der Waals surface area contributed by atoms with Crippen LogP contribution in [-0.4, -0.2) is 18.3 Å². The zero-order valence-corrected chi connectivity index (χ0v) is 14.5. The van der Waals surface area contributed by atoms with E-state index in [-0.39, 0.29) is 11.2 Å². The summed E-state index contributed by atoms with van der Waals surface area (Å²) >= 11 is 1.56. The number of hydrogen-bond donors (Lipinski definition) is 1. The molecule has 4 heteroatoms. The van der Waals surface area contributed by atoms with E-state index in [1.165, 1.54) is 10.8 Å². The molecule has 0 fully saturated rings. The van der Waals surface area contributed by atoms with Gasteiger partial charge in [0.1, 0.15) is 5.75 Å². The van der Waals surface area contributed by atoms with Gasteiger partial charge in [0.25, 0.3) is 0 Å². The Labute approximate surface area is 146 Å². The first kappa shape index (κ1) is 16.4. The normalized spacial score (nSPS) is 11.9. The third-order valence-corrected chi connectivity index (χ3v) is 4.85. The number of anilines is 1. The van der Waals surface area contributed by atoms with Gasteiger partial charge in [-0.05, 0) is 54.1 Å². The van der Waals surface area contributed by atoms with Crippen molar-refractivity contribution < 1.29 is 9.53 Å². The van der Waals surface area contributed by atoms with Crippen LogP contribution in [0.1, 0.15) is 6.92 Å². The third kappa shape index (κ3) is 3.89. The molecule has 0 aliphatic heterocycles. The van der Waals surface area contributed by atoms with Crippen LogP contribution in [0.25, 0.3) is 10.8 Å². The average molecular weight is 337 g/mol. The largest absolute Gasteiger partial charge is 0.497 e. The minimum absolute atomic E-state index is 0.0154. The maximum Gasteiger partial charge on any atom is 0.237 e. The number of amides is 1. The highest BCUT2D eigenvalue weighted by molar-refractivity contribution is 8.00. The molecule has 0 unspecified atom stereocenters. The molecular weight excluding hydrogens is 318 g/mol. The van der Waals surface area contributed by atoms with Gasteiger partial charge in [-0.25, -0.2) is 0 Å². The summed E-state index contributed by atoms with van der Waals surface area (Å²) in [5, 5.41) is 5.14. The molecule has 0 heterocycles. The second kappa shape index (κ2) is 7.41. The lowest BCUT2D eigenvalue weighted by Gasteiger charge is -2.13. The number of benzene rings is 3. The van der Waals surface area contributed by atoms with Gasteiger partial charge >= 0.3 is 0 Å².